The van der Waals surface area contributed by atoms with Gasteiger partial charge in [0.05, 0.1) is 12.5 Å². The van der Waals surface area contributed by atoms with Gasteiger partial charge in [-0.25, -0.2) is 4.98 Å². The first kappa shape index (κ1) is 12.5. The number of carbonyl (C=O) groups excluding carboxylic acids is 1. The number of hydrogen-bond acceptors (Lipinski definition) is 3. The molecule has 1 aromatic heterocycles. The van der Waals surface area contributed by atoms with Crippen LogP contribution < -0.4 is 0 Å². The molecule has 90 valence electrons. The highest BCUT2D eigenvalue weighted by molar-refractivity contribution is 9.10. The quantitative estimate of drug-likeness (QED) is 0.816. The molecule has 0 N–H and O–H groups in total. The Morgan fingerprint density at radius 3 is 2.78 bits per heavy atom. The fourth-order valence-corrected chi connectivity index (χ4v) is 1.86. The Balaban J connectivity index is 2.26. The molecule has 0 atom stereocenters. The number of nitriles is 1. The predicted octanol–water partition coefficient (Wildman–Crippen LogP) is 2.79. The second-order valence-electron chi connectivity index (χ2n) is 3.69. The molecule has 1 heterocycles. The van der Waals surface area contributed by atoms with E-state index in [2.05, 4.69) is 27.0 Å². The maximum absolute atomic E-state index is 12.2. The number of benzene rings is 1. The van der Waals surface area contributed by atoms with Crippen LogP contribution in [0.15, 0.2) is 41.1 Å². The molecule has 2 rings (SSSR count). The summed E-state index contributed by atoms with van der Waals surface area (Å²) in [5.41, 5.74) is 0.586. The van der Waals surface area contributed by atoms with E-state index < -0.39 is 0 Å². The van der Waals surface area contributed by atoms with Gasteiger partial charge < -0.3 is 4.57 Å². The van der Waals surface area contributed by atoms with Crippen LogP contribution in [0, 0.1) is 11.3 Å². The Labute approximate surface area is 113 Å². The van der Waals surface area contributed by atoms with Gasteiger partial charge in [0.25, 0.3) is 0 Å². The third-order valence-corrected chi connectivity index (χ3v) is 3.02. The van der Waals surface area contributed by atoms with E-state index in [0.29, 0.717) is 24.4 Å². The second-order valence-corrected chi connectivity index (χ2v) is 4.60. The van der Waals surface area contributed by atoms with Gasteiger partial charge in [0.1, 0.15) is 0 Å². The summed E-state index contributed by atoms with van der Waals surface area (Å²) in [6.45, 7) is 0.480. The molecule has 2 aromatic rings. The summed E-state index contributed by atoms with van der Waals surface area (Å²) >= 11 is 3.32. The van der Waals surface area contributed by atoms with Crippen molar-refractivity contribution >= 4 is 21.7 Å². The maximum atomic E-state index is 12.2. The van der Waals surface area contributed by atoms with Crippen LogP contribution in [-0.2, 0) is 6.54 Å². The highest BCUT2D eigenvalue weighted by Crippen LogP contribution is 2.13. The lowest BCUT2D eigenvalue weighted by atomic mass is 10.1. The van der Waals surface area contributed by atoms with E-state index in [4.69, 9.17) is 5.26 Å². The molecule has 0 amide bonds. The third kappa shape index (κ3) is 2.66. The fourth-order valence-electron chi connectivity index (χ4n) is 1.60. The zero-order chi connectivity index (χ0) is 13.0. The number of imidazole rings is 1. The molecule has 0 aliphatic heterocycles. The topological polar surface area (TPSA) is 58.7 Å². The molecule has 0 radical (unpaired) electrons. The molecule has 0 saturated carbocycles. The van der Waals surface area contributed by atoms with E-state index in [1.54, 1.807) is 29.1 Å². The molecule has 5 heteroatoms. The van der Waals surface area contributed by atoms with E-state index in [-0.39, 0.29) is 5.78 Å². The van der Waals surface area contributed by atoms with E-state index in [0.717, 1.165) is 4.47 Å². The van der Waals surface area contributed by atoms with Crippen molar-refractivity contribution in [2.75, 3.05) is 0 Å². The molecule has 0 unspecified atom stereocenters. The molecular formula is C13H10BrN3O. The van der Waals surface area contributed by atoms with Crippen molar-refractivity contribution in [1.29, 1.82) is 5.26 Å². The summed E-state index contributed by atoms with van der Waals surface area (Å²) in [4.78, 5) is 16.3. The zero-order valence-corrected chi connectivity index (χ0v) is 11.1. The first-order valence-electron chi connectivity index (χ1n) is 5.40. The summed E-state index contributed by atoms with van der Waals surface area (Å²) in [6.07, 6.45) is 3.64. The van der Waals surface area contributed by atoms with Crippen molar-refractivity contribution in [2.45, 2.75) is 13.0 Å². The van der Waals surface area contributed by atoms with Crippen LogP contribution in [0.5, 0.6) is 0 Å². The SMILES string of the molecule is N#CCCn1ccnc1C(=O)c1ccc(Br)cc1. The largest absolute Gasteiger partial charge is 0.327 e. The summed E-state index contributed by atoms with van der Waals surface area (Å²) in [5.74, 6) is 0.234. The number of carbonyl (C=O) groups is 1. The van der Waals surface area contributed by atoms with Gasteiger partial charge in [0.2, 0.25) is 5.78 Å². The summed E-state index contributed by atoms with van der Waals surface area (Å²) in [5, 5.41) is 8.57. The van der Waals surface area contributed by atoms with Crippen molar-refractivity contribution in [1.82, 2.24) is 9.55 Å². The standard InChI is InChI=1S/C13H10BrN3O/c14-11-4-2-10(3-5-11)12(18)13-16-7-9-17(13)8-1-6-15/h2-5,7,9H,1,8H2. The van der Waals surface area contributed by atoms with Gasteiger partial charge in [0.15, 0.2) is 5.82 Å². The summed E-state index contributed by atoms with van der Waals surface area (Å²) in [6, 6.07) is 9.18. The molecule has 1 aromatic carbocycles. The fraction of sp³-hybridized carbons (Fsp3) is 0.154. The maximum Gasteiger partial charge on any atom is 0.228 e. The van der Waals surface area contributed by atoms with E-state index in [1.807, 2.05) is 12.1 Å². The van der Waals surface area contributed by atoms with Gasteiger partial charge in [-0.2, -0.15) is 5.26 Å². The number of nitrogens with zero attached hydrogens (tertiary/aromatic N) is 3. The number of rotatable bonds is 4. The highest BCUT2D eigenvalue weighted by Gasteiger charge is 2.14. The van der Waals surface area contributed by atoms with Gasteiger partial charge >= 0.3 is 0 Å². The van der Waals surface area contributed by atoms with Crippen LogP contribution in [0.4, 0.5) is 0 Å². The molecule has 4 nitrogen and oxygen atoms in total. The Hall–Kier alpha value is -1.93. The Morgan fingerprint density at radius 1 is 1.39 bits per heavy atom. The van der Waals surface area contributed by atoms with Gasteiger partial charge in [-0.3, -0.25) is 4.79 Å². The lowest BCUT2D eigenvalue weighted by Gasteiger charge is -2.04. The molecule has 0 saturated heterocycles. The average molecular weight is 304 g/mol. The van der Waals surface area contributed by atoms with Crippen LogP contribution in [0.25, 0.3) is 0 Å². The predicted molar refractivity (Wildman–Crippen MR) is 70.0 cm³/mol. The van der Waals surface area contributed by atoms with Gasteiger partial charge in [0, 0.05) is 29.0 Å². The average Bonchev–Trinajstić information content (AvgIpc) is 2.84. The van der Waals surface area contributed by atoms with Crippen molar-refractivity contribution in [2.24, 2.45) is 0 Å². The minimum atomic E-state index is -0.134. The van der Waals surface area contributed by atoms with E-state index in [1.165, 1.54) is 0 Å². The van der Waals surface area contributed by atoms with Crippen LogP contribution >= 0.6 is 15.9 Å². The Morgan fingerprint density at radius 2 is 2.11 bits per heavy atom. The molecule has 0 aliphatic carbocycles. The first-order valence-corrected chi connectivity index (χ1v) is 6.20. The van der Waals surface area contributed by atoms with Crippen molar-refractivity contribution in [3.8, 4) is 6.07 Å². The number of aromatic nitrogens is 2. The highest BCUT2D eigenvalue weighted by atomic mass is 79.9. The molecule has 0 bridgehead atoms. The minimum absolute atomic E-state index is 0.134. The smallest absolute Gasteiger partial charge is 0.228 e. The van der Waals surface area contributed by atoms with E-state index in [9.17, 15) is 4.79 Å². The monoisotopic (exact) mass is 303 g/mol. The minimum Gasteiger partial charge on any atom is -0.327 e. The normalized spacial score (nSPS) is 10.0. The number of halogens is 1. The molecule has 18 heavy (non-hydrogen) atoms. The summed E-state index contributed by atoms with van der Waals surface area (Å²) in [7, 11) is 0. The van der Waals surface area contributed by atoms with Gasteiger partial charge in [-0.05, 0) is 24.3 Å². The number of ketones is 1. The van der Waals surface area contributed by atoms with Crippen molar-refractivity contribution in [3.63, 3.8) is 0 Å². The lowest BCUT2D eigenvalue weighted by Crippen LogP contribution is -2.11. The Bertz CT molecular complexity index is 595. The third-order valence-electron chi connectivity index (χ3n) is 2.49. The van der Waals surface area contributed by atoms with Crippen LogP contribution in [0.3, 0.4) is 0 Å². The van der Waals surface area contributed by atoms with E-state index >= 15 is 0 Å². The van der Waals surface area contributed by atoms with Crippen LogP contribution in [0.2, 0.25) is 0 Å². The lowest BCUT2D eigenvalue weighted by molar-refractivity contribution is 0.102. The zero-order valence-electron chi connectivity index (χ0n) is 9.51. The van der Waals surface area contributed by atoms with Gasteiger partial charge in [-0.1, -0.05) is 15.9 Å². The summed E-state index contributed by atoms with van der Waals surface area (Å²) < 4.78 is 2.63. The molecule has 0 spiro atoms. The molecule has 0 fully saturated rings. The molecule has 0 aliphatic rings. The number of aryl methyl sites for hydroxylation is 1. The first-order chi connectivity index (χ1) is 8.72. The van der Waals surface area contributed by atoms with Gasteiger partial charge in [-0.15, -0.1) is 0 Å². The Kier molecular flexibility index (Phi) is 3.90. The van der Waals surface area contributed by atoms with Crippen molar-refractivity contribution < 1.29 is 4.79 Å². The van der Waals surface area contributed by atoms with Crippen molar-refractivity contribution in [3.05, 3.63) is 52.5 Å². The second kappa shape index (κ2) is 5.61. The van der Waals surface area contributed by atoms with Crippen LogP contribution in [-0.4, -0.2) is 15.3 Å². The molecular weight excluding hydrogens is 294 g/mol. The number of hydrogen-bond donors (Lipinski definition) is 0. The van der Waals surface area contributed by atoms with Crippen LogP contribution in [0.1, 0.15) is 22.6 Å².